The van der Waals surface area contributed by atoms with Crippen LogP contribution in [0.4, 0.5) is 11.6 Å². The molecule has 0 saturated carbocycles. The minimum atomic E-state index is -0.528. The third-order valence-electron chi connectivity index (χ3n) is 4.94. The number of fused-ring (bicyclic) bond motifs is 1. The molecule has 2 aromatic carbocycles. The number of nitrogens with zero attached hydrogens (tertiary/aromatic N) is 2. The van der Waals surface area contributed by atoms with Crippen molar-refractivity contribution in [3.05, 3.63) is 71.3 Å². The molecular formula is C22H22N6O2. The second kappa shape index (κ2) is 8.20. The number of para-hydroxylation sites is 3. The number of aromatic amines is 2. The first-order chi connectivity index (χ1) is 14.6. The third-order valence-corrected chi connectivity index (χ3v) is 4.94. The molecule has 4 N–H and O–H groups in total. The second-order valence-electron chi connectivity index (χ2n) is 6.80. The van der Waals surface area contributed by atoms with Gasteiger partial charge in [-0.3, -0.25) is 14.9 Å². The number of aromatic nitrogens is 4. The maximum atomic E-state index is 12.9. The molecule has 0 spiro atoms. The van der Waals surface area contributed by atoms with Crippen LogP contribution in [0.15, 0.2) is 48.8 Å². The molecule has 0 atom stereocenters. The average Bonchev–Trinajstić information content (AvgIpc) is 3.40. The van der Waals surface area contributed by atoms with E-state index in [9.17, 15) is 9.59 Å². The lowest BCUT2D eigenvalue weighted by molar-refractivity contribution is 0.0985. The standard InChI is InChI=1S/C22H22N6O2/c1-3-13-8-7-9-14(4-2)17(13)27-20(29)18-19(24-12-23-18)21(30)28-22-25-15-10-5-6-11-16(15)26-22/h5-12H,3-4H2,1-2H3,(H,23,24)(H,27,29)(H2,25,26,28,30). The monoisotopic (exact) mass is 402 g/mol. The van der Waals surface area contributed by atoms with Crippen LogP contribution in [-0.4, -0.2) is 31.8 Å². The van der Waals surface area contributed by atoms with Gasteiger partial charge < -0.3 is 15.3 Å². The number of hydrogen-bond donors (Lipinski definition) is 4. The molecule has 4 aromatic rings. The highest BCUT2D eigenvalue weighted by Gasteiger charge is 2.22. The van der Waals surface area contributed by atoms with Crippen LogP contribution in [0.25, 0.3) is 11.0 Å². The normalized spacial score (nSPS) is 10.9. The first-order valence-corrected chi connectivity index (χ1v) is 9.82. The Bertz CT molecular complexity index is 1170. The highest BCUT2D eigenvalue weighted by Crippen LogP contribution is 2.23. The number of hydrogen-bond acceptors (Lipinski definition) is 4. The van der Waals surface area contributed by atoms with Crippen LogP contribution < -0.4 is 10.6 Å². The van der Waals surface area contributed by atoms with Crippen LogP contribution in [0.3, 0.4) is 0 Å². The van der Waals surface area contributed by atoms with Crippen molar-refractivity contribution in [1.29, 1.82) is 0 Å². The maximum absolute atomic E-state index is 12.9. The molecule has 2 heterocycles. The Hall–Kier alpha value is -3.94. The van der Waals surface area contributed by atoms with E-state index in [2.05, 4.69) is 30.6 Å². The van der Waals surface area contributed by atoms with Crippen LogP contribution >= 0.6 is 0 Å². The Balaban J connectivity index is 1.57. The summed E-state index contributed by atoms with van der Waals surface area (Å²) in [5.74, 6) is -0.655. The fourth-order valence-electron chi connectivity index (χ4n) is 3.40. The molecule has 0 unspecified atom stereocenters. The summed E-state index contributed by atoms with van der Waals surface area (Å²) in [6.45, 7) is 4.07. The first-order valence-electron chi connectivity index (χ1n) is 9.82. The van der Waals surface area contributed by atoms with Gasteiger partial charge in [0.1, 0.15) is 5.69 Å². The summed E-state index contributed by atoms with van der Waals surface area (Å²) in [6, 6.07) is 13.4. The van der Waals surface area contributed by atoms with Gasteiger partial charge in [-0.25, -0.2) is 9.97 Å². The summed E-state index contributed by atoms with van der Waals surface area (Å²) < 4.78 is 0. The van der Waals surface area contributed by atoms with Gasteiger partial charge in [0.05, 0.1) is 17.4 Å². The van der Waals surface area contributed by atoms with Crippen molar-refractivity contribution in [2.75, 3.05) is 10.6 Å². The van der Waals surface area contributed by atoms with E-state index in [1.54, 1.807) is 0 Å². The molecule has 152 valence electrons. The fourth-order valence-corrected chi connectivity index (χ4v) is 3.40. The number of carbonyl (C=O) groups excluding carboxylic acids is 2. The van der Waals surface area contributed by atoms with Crippen molar-refractivity contribution in [2.24, 2.45) is 0 Å². The zero-order valence-electron chi connectivity index (χ0n) is 16.7. The molecule has 8 nitrogen and oxygen atoms in total. The van der Waals surface area contributed by atoms with Crippen LogP contribution in [-0.2, 0) is 12.8 Å². The van der Waals surface area contributed by atoms with E-state index >= 15 is 0 Å². The number of carbonyl (C=O) groups is 2. The highest BCUT2D eigenvalue weighted by molar-refractivity contribution is 6.13. The lowest BCUT2D eigenvalue weighted by atomic mass is 10.0. The molecule has 2 amide bonds. The van der Waals surface area contributed by atoms with E-state index in [1.807, 2.05) is 56.3 Å². The number of anilines is 2. The molecule has 30 heavy (non-hydrogen) atoms. The number of imidazole rings is 2. The number of amides is 2. The van der Waals surface area contributed by atoms with Gasteiger partial charge in [0.15, 0.2) is 5.69 Å². The van der Waals surface area contributed by atoms with E-state index in [0.29, 0.717) is 5.95 Å². The van der Waals surface area contributed by atoms with Gasteiger partial charge in [0.25, 0.3) is 11.8 Å². The van der Waals surface area contributed by atoms with Gasteiger partial charge in [-0.2, -0.15) is 0 Å². The first kappa shape index (κ1) is 19.4. The van der Waals surface area contributed by atoms with Crippen LogP contribution in [0.1, 0.15) is 46.0 Å². The molecule has 2 aromatic heterocycles. The predicted octanol–water partition coefficient (Wildman–Crippen LogP) is 3.92. The number of benzene rings is 2. The van der Waals surface area contributed by atoms with Gasteiger partial charge in [-0.1, -0.05) is 44.2 Å². The van der Waals surface area contributed by atoms with Crippen molar-refractivity contribution >= 4 is 34.5 Å². The van der Waals surface area contributed by atoms with Crippen LogP contribution in [0.2, 0.25) is 0 Å². The second-order valence-corrected chi connectivity index (χ2v) is 6.80. The largest absolute Gasteiger partial charge is 0.340 e. The molecule has 0 aliphatic rings. The molecule has 0 bridgehead atoms. The molecule has 0 aliphatic heterocycles. The SMILES string of the molecule is CCc1cccc(CC)c1NC(=O)c1[nH]cnc1C(=O)Nc1nc2ccccc2[nH]1. The van der Waals surface area contributed by atoms with Crippen molar-refractivity contribution < 1.29 is 9.59 Å². The van der Waals surface area contributed by atoms with Crippen LogP contribution in [0, 0.1) is 0 Å². The summed E-state index contributed by atoms with van der Waals surface area (Å²) >= 11 is 0. The van der Waals surface area contributed by atoms with Gasteiger partial charge >= 0.3 is 0 Å². The number of H-pyrrole nitrogens is 2. The number of rotatable bonds is 6. The lowest BCUT2D eigenvalue weighted by Gasteiger charge is -2.14. The number of nitrogens with one attached hydrogen (secondary N) is 4. The van der Waals surface area contributed by atoms with Gasteiger partial charge in [-0.15, -0.1) is 0 Å². The Kier molecular flexibility index (Phi) is 5.30. The predicted molar refractivity (Wildman–Crippen MR) is 116 cm³/mol. The fraction of sp³-hybridized carbons (Fsp3) is 0.182. The minimum absolute atomic E-state index is 0.0000146. The summed E-state index contributed by atoms with van der Waals surface area (Å²) in [6.07, 6.45) is 2.90. The topological polar surface area (TPSA) is 116 Å². The molecule has 0 aliphatic carbocycles. The van der Waals surface area contributed by atoms with Crippen molar-refractivity contribution in [3.63, 3.8) is 0 Å². The average molecular weight is 402 g/mol. The lowest BCUT2D eigenvalue weighted by Crippen LogP contribution is -2.21. The molecule has 8 heteroatoms. The summed E-state index contributed by atoms with van der Waals surface area (Å²) in [5, 5.41) is 5.62. The van der Waals surface area contributed by atoms with Gasteiger partial charge in [0.2, 0.25) is 5.95 Å². The van der Waals surface area contributed by atoms with E-state index in [1.165, 1.54) is 6.33 Å². The van der Waals surface area contributed by atoms with Gasteiger partial charge in [-0.05, 0) is 36.1 Å². The van der Waals surface area contributed by atoms with Crippen LogP contribution in [0.5, 0.6) is 0 Å². The Labute approximate surface area is 173 Å². The zero-order chi connectivity index (χ0) is 21.1. The molecule has 4 rings (SSSR count). The summed E-state index contributed by atoms with van der Waals surface area (Å²) in [5.41, 5.74) is 4.49. The van der Waals surface area contributed by atoms with E-state index in [4.69, 9.17) is 0 Å². The highest BCUT2D eigenvalue weighted by atomic mass is 16.2. The Morgan fingerprint density at radius 2 is 1.67 bits per heavy atom. The van der Waals surface area contributed by atoms with E-state index < -0.39 is 11.8 Å². The summed E-state index contributed by atoms with van der Waals surface area (Å²) in [4.78, 5) is 39.9. The Morgan fingerprint density at radius 1 is 0.933 bits per heavy atom. The molecular weight excluding hydrogens is 380 g/mol. The quantitative estimate of drug-likeness (QED) is 0.391. The van der Waals surface area contributed by atoms with E-state index in [0.717, 1.165) is 40.7 Å². The van der Waals surface area contributed by atoms with E-state index in [-0.39, 0.29) is 11.4 Å². The molecule has 0 saturated heterocycles. The third kappa shape index (κ3) is 3.67. The van der Waals surface area contributed by atoms with Gasteiger partial charge in [0, 0.05) is 5.69 Å². The van der Waals surface area contributed by atoms with Crippen molar-refractivity contribution in [1.82, 2.24) is 19.9 Å². The summed E-state index contributed by atoms with van der Waals surface area (Å²) in [7, 11) is 0. The Morgan fingerprint density at radius 3 is 2.37 bits per heavy atom. The molecule has 0 radical (unpaired) electrons. The minimum Gasteiger partial charge on any atom is -0.340 e. The maximum Gasteiger partial charge on any atom is 0.279 e. The zero-order valence-corrected chi connectivity index (χ0v) is 16.7. The molecule has 0 fully saturated rings. The smallest absolute Gasteiger partial charge is 0.279 e. The van der Waals surface area contributed by atoms with Crippen molar-refractivity contribution in [3.8, 4) is 0 Å². The number of aryl methyl sites for hydroxylation is 2. The van der Waals surface area contributed by atoms with Crippen molar-refractivity contribution in [2.45, 2.75) is 26.7 Å².